The third-order valence-electron chi connectivity index (χ3n) is 2.99. The molecule has 4 nitrogen and oxygen atoms in total. The van der Waals surface area contributed by atoms with Crippen LogP contribution in [0.5, 0.6) is 5.75 Å². The third-order valence-corrected chi connectivity index (χ3v) is 3.86. The summed E-state index contributed by atoms with van der Waals surface area (Å²) in [4.78, 5) is 24.5. The van der Waals surface area contributed by atoms with Gasteiger partial charge in [-0.3, -0.25) is 4.79 Å². The first-order valence-corrected chi connectivity index (χ1v) is 7.48. The number of thiophene rings is 1. The molecule has 0 saturated carbocycles. The Kier molecular flexibility index (Phi) is 4.75. The molecule has 1 N–H and O–H groups in total. The molecular weight excluding hydrogens is 286 g/mol. The summed E-state index contributed by atoms with van der Waals surface area (Å²) in [6.45, 7) is 5.46. The molecule has 1 atom stereocenters. The minimum Gasteiger partial charge on any atom is -0.425 e. The largest absolute Gasteiger partial charge is 0.425 e. The van der Waals surface area contributed by atoms with Gasteiger partial charge in [0.05, 0.1) is 4.88 Å². The Bertz CT molecular complexity index is 650. The lowest BCUT2D eigenvalue weighted by Gasteiger charge is -2.14. The van der Waals surface area contributed by atoms with Gasteiger partial charge in [0, 0.05) is 0 Å². The molecule has 0 aliphatic carbocycles. The van der Waals surface area contributed by atoms with E-state index in [2.05, 4.69) is 5.32 Å². The number of hydrogen-bond acceptors (Lipinski definition) is 4. The molecule has 0 radical (unpaired) electrons. The van der Waals surface area contributed by atoms with Crippen LogP contribution in [0.1, 0.15) is 27.7 Å². The monoisotopic (exact) mass is 303 g/mol. The van der Waals surface area contributed by atoms with Crippen molar-refractivity contribution in [2.45, 2.75) is 26.8 Å². The normalized spacial score (nSPS) is 11.8. The average molecular weight is 303 g/mol. The van der Waals surface area contributed by atoms with Crippen LogP contribution in [0.25, 0.3) is 0 Å². The number of ether oxygens (including phenoxy) is 1. The average Bonchev–Trinajstić information content (AvgIpc) is 2.95. The van der Waals surface area contributed by atoms with Crippen LogP contribution in [-0.4, -0.2) is 17.9 Å². The lowest BCUT2D eigenvalue weighted by molar-refractivity contribution is -0.136. The van der Waals surface area contributed by atoms with Gasteiger partial charge in [-0.25, -0.2) is 4.79 Å². The number of nitrogens with one attached hydrogen (secondary N) is 1. The maximum atomic E-state index is 12.0. The van der Waals surface area contributed by atoms with Crippen LogP contribution in [0.2, 0.25) is 0 Å². The van der Waals surface area contributed by atoms with Crippen LogP contribution in [0.3, 0.4) is 0 Å². The van der Waals surface area contributed by atoms with Gasteiger partial charge in [0.15, 0.2) is 0 Å². The summed E-state index contributed by atoms with van der Waals surface area (Å²) in [5.41, 5.74) is 1.99. The van der Waals surface area contributed by atoms with Gasteiger partial charge in [-0.1, -0.05) is 23.8 Å². The first-order valence-electron chi connectivity index (χ1n) is 6.60. The van der Waals surface area contributed by atoms with E-state index in [0.29, 0.717) is 10.6 Å². The van der Waals surface area contributed by atoms with Gasteiger partial charge in [-0.15, -0.1) is 11.3 Å². The standard InChI is InChI=1S/C16H17NO3S/c1-10-6-7-13(11(2)9-10)20-16(19)12(3)17-15(18)14-5-4-8-21-14/h4-9,12H,1-3H3,(H,17,18). The van der Waals surface area contributed by atoms with Crippen molar-refractivity contribution >= 4 is 23.2 Å². The molecule has 110 valence electrons. The van der Waals surface area contributed by atoms with E-state index >= 15 is 0 Å². The molecule has 0 aliphatic heterocycles. The lowest BCUT2D eigenvalue weighted by Crippen LogP contribution is -2.40. The summed E-state index contributed by atoms with van der Waals surface area (Å²) >= 11 is 1.33. The van der Waals surface area contributed by atoms with Crippen LogP contribution in [0.4, 0.5) is 0 Å². The highest BCUT2D eigenvalue weighted by Crippen LogP contribution is 2.19. The molecule has 0 fully saturated rings. The molecule has 1 heterocycles. The molecule has 21 heavy (non-hydrogen) atoms. The number of benzene rings is 1. The topological polar surface area (TPSA) is 55.4 Å². The zero-order valence-corrected chi connectivity index (χ0v) is 13.0. The smallest absolute Gasteiger partial charge is 0.333 e. The SMILES string of the molecule is Cc1ccc(OC(=O)C(C)NC(=O)c2cccs2)c(C)c1. The molecule has 0 spiro atoms. The van der Waals surface area contributed by atoms with Crippen molar-refractivity contribution in [1.29, 1.82) is 0 Å². The van der Waals surface area contributed by atoms with Crippen LogP contribution in [0, 0.1) is 13.8 Å². The molecular formula is C16H17NO3S. The lowest BCUT2D eigenvalue weighted by atomic mass is 10.1. The summed E-state index contributed by atoms with van der Waals surface area (Å²) in [7, 11) is 0. The molecule has 2 rings (SSSR count). The predicted molar refractivity (Wildman–Crippen MR) is 82.8 cm³/mol. The quantitative estimate of drug-likeness (QED) is 0.697. The van der Waals surface area contributed by atoms with E-state index in [1.807, 2.05) is 31.4 Å². The second-order valence-corrected chi connectivity index (χ2v) is 5.81. The highest BCUT2D eigenvalue weighted by Gasteiger charge is 2.19. The number of hydrogen-bond donors (Lipinski definition) is 1. The third kappa shape index (κ3) is 3.92. The second-order valence-electron chi connectivity index (χ2n) is 4.86. The van der Waals surface area contributed by atoms with Gasteiger partial charge in [-0.05, 0) is 43.8 Å². The van der Waals surface area contributed by atoms with Crippen LogP contribution < -0.4 is 10.1 Å². The van der Waals surface area contributed by atoms with Crippen molar-refractivity contribution in [2.75, 3.05) is 0 Å². The number of carbonyl (C=O) groups is 2. The number of aryl methyl sites for hydroxylation is 2. The molecule has 0 saturated heterocycles. The van der Waals surface area contributed by atoms with E-state index < -0.39 is 12.0 Å². The molecule has 0 aliphatic rings. The van der Waals surface area contributed by atoms with Crippen LogP contribution in [0.15, 0.2) is 35.7 Å². The Morgan fingerprint density at radius 3 is 2.62 bits per heavy atom. The number of rotatable bonds is 4. The number of amides is 1. The fraction of sp³-hybridized carbons (Fsp3) is 0.250. The Morgan fingerprint density at radius 2 is 2.00 bits per heavy atom. The highest BCUT2D eigenvalue weighted by molar-refractivity contribution is 7.12. The predicted octanol–water partition coefficient (Wildman–Crippen LogP) is 3.09. The maximum absolute atomic E-state index is 12.0. The fourth-order valence-corrected chi connectivity index (χ4v) is 2.47. The van der Waals surface area contributed by atoms with Gasteiger partial charge >= 0.3 is 5.97 Å². The Balaban J connectivity index is 1.98. The summed E-state index contributed by atoms with van der Waals surface area (Å²) < 4.78 is 5.33. The van der Waals surface area contributed by atoms with Crippen molar-refractivity contribution in [3.63, 3.8) is 0 Å². The maximum Gasteiger partial charge on any atom is 0.333 e. The zero-order chi connectivity index (χ0) is 15.4. The Morgan fingerprint density at radius 1 is 1.24 bits per heavy atom. The van der Waals surface area contributed by atoms with Gasteiger partial charge in [0.1, 0.15) is 11.8 Å². The van der Waals surface area contributed by atoms with E-state index in [-0.39, 0.29) is 5.91 Å². The van der Waals surface area contributed by atoms with Crippen molar-refractivity contribution in [2.24, 2.45) is 0 Å². The van der Waals surface area contributed by atoms with Crippen LogP contribution in [-0.2, 0) is 4.79 Å². The van der Waals surface area contributed by atoms with Crippen molar-refractivity contribution in [3.8, 4) is 5.75 Å². The molecule has 2 aromatic rings. The minimum absolute atomic E-state index is 0.268. The first-order chi connectivity index (χ1) is 9.97. The van der Waals surface area contributed by atoms with Gasteiger partial charge in [-0.2, -0.15) is 0 Å². The van der Waals surface area contributed by atoms with Crippen molar-refractivity contribution < 1.29 is 14.3 Å². The number of carbonyl (C=O) groups excluding carboxylic acids is 2. The van der Waals surface area contributed by atoms with E-state index in [0.717, 1.165) is 11.1 Å². The van der Waals surface area contributed by atoms with Gasteiger partial charge < -0.3 is 10.1 Å². The Hall–Kier alpha value is -2.14. The van der Waals surface area contributed by atoms with Crippen LogP contribution >= 0.6 is 11.3 Å². The van der Waals surface area contributed by atoms with Gasteiger partial charge in [0.25, 0.3) is 5.91 Å². The fourth-order valence-electron chi connectivity index (χ4n) is 1.85. The van der Waals surface area contributed by atoms with Gasteiger partial charge in [0.2, 0.25) is 0 Å². The summed E-state index contributed by atoms with van der Waals surface area (Å²) in [6.07, 6.45) is 0. The molecule has 1 amide bonds. The van der Waals surface area contributed by atoms with E-state index in [1.54, 1.807) is 25.1 Å². The molecule has 1 aromatic carbocycles. The molecule has 5 heteroatoms. The summed E-state index contributed by atoms with van der Waals surface area (Å²) in [5.74, 6) is -0.232. The van der Waals surface area contributed by atoms with Crippen molar-refractivity contribution in [3.05, 3.63) is 51.7 Å². The first kappa shape index (κ1) is 15.3. The zero-order valence-electron chi connectivity index (χ0n) is 12.2. The highest BCUT2D eigenvalue weighted by atomic mass is 32.1. The van der Waals surface area contributed by atoms with Crippen molar-refractivity contribution in [1.82, 2.24) is 5.32 Å². The molecule has 1 unspecified atom stereocenters. The minimum atomic E-state index is -0.708. The summed E-state index contributed by atoms with van der Waals surface area (Å²) in [5, 5.41) is 4.44. The van der Waals surface area contributed by atoms with E-state index in [4.69, 9.17) is 4.74 Å². The van der Waals surface area contributed by atoms with E-state index in [1.165, 1.54) is 11.3 Å². The van der Waals surface area contributed by atoms with E-state index in [9.17, 15) is 9.59 Å². The summed E-state index contributed by atoms with van der Waals surface area (Å²) in [6, 6.07) is 8.37. The molecule has 0 bridgehead atoms. The Labute approximate surface area is 127 Å². The molecule has 1 aromatic heterocycles. The second kappa shape index (κ2) is 6.54. The number of esters is 1.